The third-order valence-electron chi connectivity index (χ3n) is 2.78. The number of hydrogen-bond donors (Lipinski definition) is 0. The molecule has 0 N–H and O–H groups in total. The van der Waals surface area contributed by atoms with Gasteiger partial charge in [0.2, 0.25) is 0 Å². The number of aromatic nitrogens is 1. The summed E-state index contributed by atoms with van der Waals surface area (Å²) in [6.07, 6.45) is 1.81. The Balaban J connectivity index is 2.38. The van der Waals surface area contributed by atoms with E-state index in [1.54, 1.807) is 0 Å². The first kappa shape index (κ1) is 11.4. The molecule has 3 heteroatoms. The Labute approximate surface area is 101 Å². The summed E-state index contributed by atoms with van der Waals surface area (Å²) < 4.78 is 0. The number of pyridine rings is 1. The van der Waals surface area contributed by atoms with Gasteiger partial charge in [-0.25, -0.2) is 4.98 Å². The molecule has 2 aromatic rings. The third-order valence-corrected chi connectivity index (χ3v) is 2.78. The first-order chi connectivity index (χ1) is 8.22. The molecular weight excluding hydrogens is 210 g/mol. The Morgan fingerprint density at radius 2 is 2.12 bits per heavy atom. The van der Waals surface area contributed by atoms with Gasteiger partial charge in [0, 0.05) is 25.2 Å². The summed E-state index contributed by atoms with van der Waals surface area (Å²) in [6, 6.07) is 12.4. The Morgan fingerprint density at radius 1 is 1.35 bits per heavy atom. The summed E-state index contributed by atoms with van der Waals surface area (Å²) in [7, 11) is 1.97. The van der Waals surface area contributed by atoms with Crippen molar-refractivity contribution in [3.8, 4) is 6.07 Å². The van der Waals surface area contributed by atoms with E-state index in [2.05, 4.69) is 23.2 Å². The van der Waals surface area contributed by atoms with E-state index in [0.29, 0.717) is 6.54 Å². The number of fused-ring (bicyclic) bond motifs is 1. The standard InChI is InChI=1S/C14H15N3/c1-11(9-15)10-17(2)14-13-6-4-3-5-12(13)7-8-16-14/h3-8,11H,10H2,1-2H3. The SMILES string of the molecule is CC(C#N)CN(C)c1nccc2ccccc12. The summed E-state index contributed by atoms with van der Waals surface area (Å²) in [5.74, 6) is 0.936. The molecule has 1 unspecified atom stereocenters. The first-order valence-corrected chi connectivity index (χ1v) is 5.67. The Morgan fingerprint density at radius 3 is 2.88 bits per heavy atom. The van der Waals surface area contributed by atoms with Crippen molar-refractivity contribution in [2.24, 2.45) is 5.92 Å². The summed E-state index contributed by atoms with van der Waals surface area (Å²) in [6.45, 7) is 2.61. The average Bonchev–Trinajstić information content (AvgIpc) is 2.37. The van der Waals surface area contributed by atoms with E-state index in [1.807, 2.05) is 43.3 Å². The topological polar surface area (TPSA) is 39.9 Å². The lowest BCUT2D eigenvalue weighted by Crippen LogP contribution is -2.24. The second kappa shape index (κ2) is 4.84. The molecule has 0 amide bonds. The molecule has 0 aliphatic carbocycles. The van der Waals surface area contributed by atoms with Crippen LogP contribution in [-0.2, 0) is 0 Å². The zero-order valence-electron chi connectivity index (χ0n) is 10.1. The molecule has 0 spiro atoms. The molecule has 86 valence electrons. The minimum Gasteiger partial charge on any atom is -0.358 e. The van der Waals surface area contributed by atoms with Crippen molar-refractivity contribution in [1.29, 1.82) is 5.26 Å². The lowest BCUT2D eigenvalue weighted by molar-refractivity contribution is 0.712. The largest absolute Gasteiger partial charge is 0.358 e. The van der Waals surface area contributed by atoms with E-state index in [4.69, 9.17) is 5.26 Å². The smallest absolute Gasteiger partial charge is 0.136 e. The van der Waals surface area contributed by atoms with Crippen LogP contribution in [-0.4, -0.2) is 18.6 Å². The molecule has 1 heterocycles. The summed E-state index contributed by atoms with van der Waals surface area (Å²) in [5, 5.41) is 11.1. The number of anilines is 1. The fourth-order valence-corrected chi connectivity index (χ4v) is 1.95. The van der Waals surface area contributed by atoms with Crippen LogP contribution >= 0.6 is 0 Å². The van der Waals surface area contributed by atoms with Crippen molar-refractivity contribution in [3.63, 3.8) is 0 Å². The van der Waals surface area contributed by atoms with Crippen LogP contribution < -0.4 is 4.90 Å². The van der Waals surface area contributed by atoms with Gasteiger partial charge in [-0.3, -0.25) is 0 Å². The van der Waals surface area contributed by atoms with Crippen LogP contribution in [0.1, 0.15) is 6.92 Å². The minimum atomic E-state index is 0.000711. The molecule has 1 aromatic carbocycles. The van der Waals surface area contributed by atoms with Gasteiger partial charge in [-0.1, -0.05) is 24.3 Å². The van der Waals surface area contributed by atoms with Crippen LogP contribution in [0, 0.1) is 17.2 Å². The van der Waals surface area contributed by atoms with Crippen LogP contribution in [0.4, 0.5) is 5.82 Å². The molecule has 0 saturated heterocycles. The highest BCUT2D eigenvalue weighted by molar-refractivity contribution is 5.91. The van der Waals surface area contributed by atoms with Gasteiger partial charge in [-0.05, 0) is 18.4 Å². The number of rotatable bonds is 3. The predicted molar refractivity (Wildman–Crippen MR) is 69.8 cm³/mol. The minimum absolute atomic E-state index is 0.000711. The maximum absolute atomic E-state index is 8.85. The molecule has 1 atom stereocenters. The molecular formula is C14H15N3. The predicted octanol–water partition coefficient (Wildman–Crippen LogP) is 2.83. The third kappa shape index (κ3) is 2.36. The highest BCUT2D eigenvalue weighted by Gasteiger charge is 2.10. The normalized spacial score (nSPS) is 12.1. The van der Waals surface area contributed by atoms with Gasteiger partial charge < -0.3 is 4.90 Å². The van der Waals surface area contributed by atoms with E-state index in [0.717, 1.165) is 11.2 Å². The fraction of sp³-hybridized carbons (Fsp3) is 0.286. The summed E-state index contributed by atoms with van der Waals surface area (Å²) >= 11 is 0. The Hall–Kier alpha value is -2.08. The molecule has 0 bridgehead atoms. The number of benzene rings is 1. The van der Waals surface area contributed by atoms with Gasteiger partial charge in [0.1, 0.15) is 5.82 Å². The average molecular weight is 225 g/mol. The van der Waals surface area contributed by atoms with Crippen molar-refractivity contribution >= 4 is 16.6 Å². The molecule has 0 radical (unpaired) electrons. The van der Waals surface area contributed by atoms with Gasteiger partial charge in [0.05, 0.1) is 12.0 Å². The molecule has 0 saturated carbocycles. The second-order valence-electron chi connectivity index (χ2n) is 4.27. The zero-order valence-corrected chi connectivity index (χ0v) is 10.1. The highest BCUT2D eigenvalue weighted by atomic mass is 15.2. The highest BCUT2D eigenvalue weighted by Crippen LogP contribution is 2.23. The van der Waals surface area contributed by atoms with Crippen molar-refractivity contribution in [2.75, 3.05) is 18.5 Å². The monoisotopic (exact) mass is 225 g/mol. The van der Waals surface area contributed by atoms with E-state index >= 15 is 0 Å². The number of nitriles is 1. The van der Waals surface area contributed by atoms with E-state index < -0.39 is 0 Å². The van der Waals surface area contributed by atoms with Crippen LogP contribution in [0.25, 0.3) is 10.8 Å². The lowest BCUT2D eigenvalue weighted by Gasteiger charge is -2.20. The van der Waals surface area contributed by atoms with Gasteiger partial charge >= 0.3 is 0 Å². The Kier molecular flexibility index (Phi) is 3.24. The maximum Gasteiger partial charge on any atom is 0.136 e. The van der Waals surface area contributed by atoms with Crippen molar-refractivity contribution < 1.29 is 0 Å². The van der Waals surface area contributed by atoms with Gasteiger partial charge in [0.25, 0.3) is 0 Å². The van der Waals surface area contributed by atoms with E-state index in [-0.39, 0.29) is 5.92 Å². The molecule has 0 fully saturated rings. The quantitative estimate of drug-likeness (QED) is 0.806. The molecule has 2 rings (SSSR count). The molecule has 1 aromatic heterocycles. The van der Waals surface area contributed by atoms with Gasteiger partial charge in [-0.15, -0.1) is 0 Å². The Bertz CT molecular complexity index is 551. The summed E-state index contributed by atoms with van der Waals surface area (Å²) in [4.78, 5) is 6.45. The second-order valence-corrected chi connectivity index (χ2v) is 4.27. The molecule has 0 aliphatic heterocycles. The van der Waals surface area contributed by atoms with Crippen LogP contribution in [0.3, 0.4) is 0 Å². The molecule has 17 heavy (non-hydrogen) atoms. The zero-order chi connectivity index (χ0) is 12.3. The number of nitrogens with zero attached hydrogens (tertiary/aromatic N) is 3. The van der Waals surface area contributed by atoms with Crippen molar-refractivity contribution in [3.05, 3.63) is 36.5 Å². The van der Waals surface area contributed by atoms with Crippen molar-refractivity contribution in [2.45, 2.75) is 6.92 Å². The van der Waals surface area contributed by atoms with Gasteiger partial charge in [-0.2, -0.15) is 5.26 Å². The molecule has 3 nitrogen and oxygen atoms in total. The van der Waals surface area contributed by atoms with Crippen LogP contribution in [0.2, 0.25) is 0 Å². The van der Waals surface area contributed by atoms with Gasteiger partial charge in [0.15, 0.2) is 0 Å². The van der Waals surface area contributed by atoms with E-state index in [1.165, 1.54) is 5.39 Å². The van der Waals surface area contributed by atoms with E-state index in [9.17, 15) is 0 Å². The lowest BCUT2D eigenvalue weighted by atomic mass is 10.1. The fourth-order valence-electron chi connectivity index (χ4n) is 1.95. The van der Waals surface area contributed by atoms with Crippen molar-refractivity contribution in [1.82, 2.24) is 4.98 Å². The van der Waals surface area contributed by atoms with Crippen LogP contribution in [0.5, 0.6) is 0 Å². The first-order valence-electron chi connectivity index (χ1n) is 5.67. The number of hydrogen-bond acceptors (Lipinski definition) is 3. The summed E-state index contributed by atoms with van der Waals surface area (Å²) in [5.41, 5.74) is 0. The maximum atomic E-state index is 8.85. The molecule has 0 aliphatic rings. The van der Waals surface area contributed by atoms with Crippen LogP contribution in [0.15, 0.2) is 36.5 Å².